The summed E-state index contributed by atoms with van der Waals surface area (Å²) in [5, 5.41) is 16.9. The normalized spacial score (nSPS) is 10.5. The Hall–Kier alpha value is -1.49. The number of phenolic OH excluding ortho intramolecular Hbond substituents is 1. The summed E-state index contributed by atoms with van der Waals surface area (Å²) in [5.41, 5.74) is 1.93. The summed E-state index contributed by atoms with van der Waals surface area (Å²) in [6.45, 7) is 1.93. The average Bonchev–Trinajstić information content (AvgIpc) is 2.66. The first kappa shape index (κ1) is 10.0. The van der Waals surface area contributed by atoms with Gasteiger partial charge in [-0.2, -0.15) is 0 Å². The maximum atomic E-state index is 9.29. The largest absolute Gasteiger partial charge is 0.508 e. The first-order valence-corrected chi connectivity index (χ1v) is 5.69. The van der Waals surface area contributed by atoms with Crippen molar-refractivity contribution in [3.8, 4) is 17.1 Å². The Bertz CT molecular complexity index is 481. The second kappa shape index (κ2) is 3.94. The lowest BCUT2D eigenvalue weighted by Crippen LogP contribution is -1.85. The quantitative estimate of drug-likeness (QED) is 0.763. The standard InChI is InChI=1S/C10H11N3OS/c1-6-5-7(14)3-4-8(6)9-11-10(15-2)13-12-9/h3-5,14H,1-2H3,(H,11,12,13). The minimum Gasteiger partial charge on any atom is -0.508 e. The van der Waals surface area contributed by atoms with Gasteiger partial charge in [0.15, 0.2) is 5.82 Å². The van der Waals surface area contributed by atoms with Crippen molar-refractivity contribution in [2.45, 2.75) is 12.1 Å². The minimum atomic E-state index is 0.265. The molecule has 0 aliphatic rings. The summed E-state index contributed by atoms with van der Waals surface area (Å²) in [4.78, 5) is 4.30. The van der Waals surface area contributed by atoms with Crippen molar-refractivity contribution in [2.75, 3.05) is 6.26 Å². The number of nitrogens with zero attached hydrogens (tertiary/aromatic N) is 2. The number of hydrogen-bond donors (Lipinski definition) is 2. The van der Waals surface area contributed by atoms with Gasteiger partial charge < -0.3 is 5.11 Å². The maximum Gasteiger partial charge on any atom is 0.208 e. The van der Waals surface area contributed by atoms with E-state index in [4.69, 9.17) is 0 Å². The fourth-order valence-electron chi connectivity index (χ4n) is 1.37. The molecule has 0 saturated carbocycles. The van der Waals surface area contributed by atoms with E-state index in [1.807, 2.05) is 19.2 Å². The lowest BCUT2D eigenvalue weighted by atomic mass is 10.1. The molecule has 1 heterocycles. The second-order valence-electron chi connectivity index (χ2n) is 3.17. The van der Waals surface area contributed by atoms with E-state index < -0.39 is 0 Å². The SMILES string of the molecule is CSc1n[nH]c(-c2ccc(O)cc2C)n1. The molecule has 0 spiro atoms. The molecule has 0 radical (unpaired) electrons. The number of nitrogens with one attached hydrogen (secondary N) is 1. The van der Waals surface area contributed by atoms with E-state index in [2.05, 4.69) is 15.2 Å². The van der Waals surface area contributed by atoms with Crippen molar-refractivity contribution in [1.82, 2.24) is 15.2 Å². The number of H-pyrrole nitrogens is 1. The van der Waals surface area contributed by atoms with Crippen molar-refractivity contribution < 1.29 is 5.11 Å². The van der Waals surface area contributed by atoms with E-state index >= 15 is 0 Å². The van der Waals surface area contributed by atoms with Gasteiger partial charge in [0, 0.05) is 5.56 Å². The number of aromatic nitrogens is 3. The van der Waals surface area contributed by atoms with Gasteiger partial charge in [0.25, 0.3) is 0 Å². The van der Waals surface area contributed by atoms with Crippen molar-refractivity contribution in [3.63, 3.8) is 0 Å². The highest BCUT2D eigenvalue weighted by molar-refractivity contribution is 7.98. The molecule has 0 bridgehead atoms. The third-order valence-electron chi connectivity index (χ3n) is 2.11. The number of benzene rings is 1. The smallest absolute Gasteiger partial charge is 0.208 e. The van der Waals surface area contributed by atoms with Gasteiger partial charge >= 0.3 is 0 Å². The predicted molar refractivity (Wildman–Crippen MR) is 60.0 cm³/mol. The van der Waals surface area contributed by atoms with Crippen LogP contribution in [0.1, 0.15) is 5.56 Å². The molecule has 0 unspecified atom stereocenters. The van der Waals surface area contributed by atoms with Crippen LogP contribution in [0.25, 0.3) is 11.4 Å². The van der Waals surface area contributed by atoms with Gasteiger partial charge in [-0.3, -0.25) is 5.10 Å². The van der Waals surface area contributed by atoms with Crippen LogP contribution in [0.15, 0.2) is 23.4 Å². The maximum absolute atomic E-state index is 9.29. The molecule has 0 aliphatic heterocycles. The van der Waals surface area contributed by atoms with Crippen LogP contribution < -0.4 is 0 Å². The molecule has 2 aromatic rings. The van der Waals surface area contributed by atoms with Crippen molar-refractivity contribution >= 4 is 11.8 Å². The monoisotopic (exact) mass is 221 g/mol. The summed E-state index contributed by atoms with van der Waals surface area (Å²) >= 11 is 1.49. The van der Waals surface area contributed by atoms with Crippen molar-refractivity contribution in [3.05, 3.63) is 23.8 Å². The number of aryl methyl sites for hydroxylation is 1. The molecule has 0 amide bonds. The first-order chi connectivity index (χ1) is 7.20. The highest BCUT2D eigenvalue weighted by Gasteiger charge is 2.07. The van der Waals surface area contributed by atoms with E-state index in [1.54, 1.807) is 12.1 Å². The van der Waals surface area contributed by atoms with Crippen LogP contribution in [0.3, 0.4) is 0 Å². The Labute approximate surface area is 91.8 Å². The molecule has 78 valence electrons. The second-order valence-corrected chi connectivity index (χ2v) is 3.94. The molecule has 0 aliphatic carbocycles. The van der Waals surface area contributed by atoms with Crippen molar-refractivity contribution in [1.29, 1.82) is 0 Å². The Morgan fingerprint density at radius 3 is 2.80 bits per heavy atom. The summed E-state index contributed by atoms with van der Waals surface area (Å²) in [7, 11) is 0. The molecule has 0 fully saturated rings. The molecule has 0 saturated heterocycles. The topological polar surface area (TPSA) is 61.8 Å². The summed E-state index contributed by atoms with van der Waals surface area (Å²) in [6.07, 6.45) is 1.93. The van der Waals surface area contributed by atoms with E-state index in [-0.39, 0.29) is 5.75 Å². The Kier molecular flexibility index (Phi) is 2.64. The minimum absolute atomic E-state index is 0.265. The van der Waals surface area contributed by atoms with Crippen LogP contribution in [-0.4, -0.2) is 26.5 Å². The van der Waals surface area contributed by atoms with Crippen LogP contribution in [0.2, 0.25) is 0 Å². The summed E-state index contributed by atoms with van der Waals surface area (Å²) in [6, 6.07) is 5.18. The van der Waals surface area contributed by atoms with Gasteiger partial charge in [-0.1, -0.05) is 11.8 Å². The molecule has 15 heavy (non-hydrogen) atoms. The lowest BCUT2D eigenvalue weighted by Gasteiger charge is -2.01. The molecule has 2 rings (SSSR count). The number of thioether (sulfide) groups is 1. The highest BCUT2D eigenvalue weighted by atomic mass is 32.2. The molecule has 2 N–H and O–H groups in total. The number of rotatable bonds is 2. The number of phenols is 1. The molecular formula is C10H11N3OS. The Morgan fingerprint density at radius 2 is 2.20 bits per heavy atom. The van der Waals surface area contributed by atoms with Gasteiger partial charge in [-0.25, -0.2) is 4.98 Å². The van der Waals surface area contributed by atoms with E-state index in [0.717, 1.165) is 22.1 Å². The van der Waals surface area contributed by atoms with Crippen LogP contribution in [0, 0.1) is 6.92 Å². The van der Waals surface area contributed by atoms with Gasteiger partial charge in [0.05, 0.1) is 0 Å². The third kappa shape index (κ3) is 1.97. The zero-order valence-electron chi connectivity index (χ0n) is 8.48. The van der Waals surface area contributed by atoms with Gasteiger partial charge in [-0.05, 0) is 36.9 Å². The molecule has 1 aromatic carbocycles. The molecule has 4 nitrogen and oxygen atoms in total. The molecule has 5 heteroatoms. The number of aromatic hydroxyl groups is 1. The van der Waals surface area contributed by atoms with E-state index in [1.165, 1.54) is 11.8 Å². The van der Waals surface area contributed by atoms with Crippen LogP contribution in [0.4, 0.5) is 0 Å². The Morgan fingerprint density at radius 1 is 1.40 bits per heavy atom. The molecular weight excluding hydrogens is 210 g/mol. The van der Waals surface area contributed by atoms with E-state index in [9.17, 15) is 5.11 Å². The fraction of sp³-hybridized carbons (Fsp3) is 0.200. The zero-order chi connectivity index (χ0) is 10.8. The molecule has 1 aromatic heterocycles. The third-order valence-corrected chi connectivity index (χ3v) is 2.66. The lowest BCUT2D eigenvalue weighted by molar-refractivity contribution is 0.475. The summed E-state index contributed by atoms with van der Waals surface area (Å²) < 4.78 is 0. The predicted octanol–water partition coefficient (Wildman–Crippen LogP) is 2.21. The number of aromatic amines is 1. The van der Waals surface area contributed by atoms with Crippen molar-refractivity contribution in [2.24, 2.45) is 0 Å². The highest BCUT2D eigenvalue weighted by Crippen LogP contribution is 2.24. The average molecular weight is 221 g/mol. The Balaban J connectivity index is 2.44. The first-order valence-electron chi connectivity index (χ1n) is 4.47. The van der Waals surface area contributed by atoms with Crippen LogP contribution in [0.5, 0.6) is 5.75 Å². The van der Waals surface area contributed by atoms with Gasteiger partial charge in [0.1, 0.15) is 5.75 Å². The fourth-order valence-corrected chi connectivity index (χ4v) is 1.69. The van der Waals surface area contributed by atoms with E-state index in [0.29, 0.717) is 0 Å². The summed E-state index contributed by atoms with van der Waals surface area (Å²) in [5.74, 6) is 0.998. The van der Waals surface area contributed by atoms with Crippen LogP contribution in [-0.2, 0) is 0 Å². The molecule has 0 atom stereocenters. The van der Waals surface area contributed by atoms with Gasteiger partial charge in [0.2, 0.25) is 5.16 Å². The zero-order valence-corrected chi connectivity index (χ0v) is 9.30. The number of hydrogen-bond acceptors (Lipinski definition) is 4. The van der Waals surface area contributed by atoms with Crippen LogP contribution >= 0.6 is 11.8 Å². The van der Waals surface area contributed by atoms with Gasteiger partial charge in [-0.15, -0.1) is 5.10 Å².